The second-order valence-corrected chi connectivity index (χ2v) is 7.12. The Morgan fingerprint density at radius 1 is 1.15 bits per heavy atom. The van der Waals surface area contributed by atoms with Crippen molar-refractivity contribution in [2.45, 2.75) is 0 Å². The van der Waals surface area contributed by atoms with E-state index in [1.165, 1.54) is 30.3 Å². The van der Waals surface area contributed by atoms with Gasteiger partial charge in [0.1, 0.15) is 11.5 Å². The Labute approximate surface area is 164 Å². The number of nitro groups is 1. The summed E-state index contributed by atoms with van der Waals surface area (Å²) < 4.78 is 13.6. The first kappa shape index (κ1) is 19.2. The molecule has 0 radical (unpaired) electrons. The molecule has 3 rings (SSSR count). The van der Waals surface area contributed by atoms with Gasteiger partial charge >= 0.3 is 0 Å². The van der Waals surface area contributed by atoms with E-state index in [9.17, 15) is 19.3 Å². The van der Waals surface area contributed by atoms with Crippen molar-refractivity contribution in [2.24, 2.45) is 0 Å². The van der Waals surface area contributed by atoms with E-state index < -0.39 is 0 Å². The van der Waals surface area contributed by atoms with Gasteiger partial charge in [-0.25, -0.2) is 4.39 Å². The number of halogens is 2. The maximum absolute atomic E-state index is 12.9. The number of piperazine rings is 1. The first-order valence-corrected chi connectivity index (χ1v) is 9.18. The molecule has 1 heterocycles. The van der Waals surface area contributed by atoms with E-state index >= 15 is 0 Å². The highest BCUT2D eigenvalue weighted by Gasteiger charge is 2.24. The fourth-order valence-electron chi connectivity index (χ4n) is 2.99. The van der Waals surface area contributed by atoms with Crippen molar-refractivity contribution in [3.8, 4) is 0 Å². The van der Waals surface area contributed by atoms with Gasteiger partial charge in [-0.15, -0.1) is 0 Å². The minimum Gasteiger partial charge on any atom is -0.363 e. The third-order valence-electron chi connectivity index (χ3n) is 4.34. The summed E-state index contributed by atoms with van der Waals surface area (Å²) in [6.45, 7) is 2.63. The third-order valence-corrected chi connectivity index (χ3v) is 4.84. The zero-order valence-corrected chi connectivity index (χ0v) is 16.0. The predicted molar refractivity (Wildman–Crippen MR) is 104 cm³/mol. The zero-order valence-electron chi connectivity index (χ0n) is 14.4. The molecule has 1 aliphatic rings. The van der Waals surface area contributed by atoms with Crippen molar-refractivity contribution in [2.75, 3.05) is 42.9 Å². The molecular formula is C18H18BrFN4O3. The Balaban J connectivity index is 1.55. The molecule has 2 aromatic carbocycles. The number of benzene rings is 2. The van der Waals surface area contributed by atoms with Crippen LogP contribution in [-0.4, -0.2) is 48.5 Å². The lowest BCUT2D eigenvalue weighted by molar-refractivity contribution is -0.384. The summed E-state index contributed by atoms with van der Waals surface area (Å²) in [5.74, 6) is -0.532. The molecule has 27 heavy (non-hydrogen) atoms. The number of hydrogen-bond acceptors (Lipinski definition) is 5. The van der Waals surface area contributed by atoms with Crippen LogP contribution in [0.3, 0.4) is 0 Å². The number of carbonyl (C=O) groups is 1. The number of anilines is 2. The summed E-state index contributed by atoms with van der Waals surface area (Å²) in [4.78, 5) is 27.0. The Bertz CT molecular complexity index is 839. The fraction of sp³-hybridized carbons (Fsp3) is 0.278. The molecule has 0 atom stereocenters. The van der Waals surface area contributed by atoms with Crippen molar-refractivity contribution in [1.82, 2.24) is 4.90 Å². The van der Waals surface area contributed by atoms with Crippen molar-refractivity contribution < 1.29 is 14.1 Å². The standard InChI is InChI=1S/C18H18BrFN4O3/c19-13-1-6-16(17(11-13)24(26)27)23-9-7-22(8-10-23)12-18(25)21-15-4-2-14(20)3-5-15/h1-6,11H,7-10,12H2,(H,21,25). The molecule has 0 aromatic heterocycles. The molecule has 1 aliphatic heterocycles. The van der Waals surface area contributed by atoms with Gasteiger partial charge in [0.2, 0.25) is 5.91 Å². The minimum absolute atomic E-state index is 0.0619. The third kappa shape index (κ3) is 5.01. The molecule has 0 unspecified atom stereocenters. The molecular weight excluding hydrogens is 419 g/mol. The van der Waals surface area contributed by atoms with Gasteiger partial charge in [-0.1, -0.05) is 15.9 Å². The summed E-state index contributed by atoms with van der Waals surface area (Å²) in [6.07, 6.45) is 0. The smallest absolute Gasteiger partial charge is 0.293 e. The van der Waals surface area contributed by atoms with Crippen molar-refractivity contribution in [1.29, 1.82) is 0 Å². The summed E-state index contributed by atoms with van der Waals surface area (Å²) in [7, 11) is 0. The SMILES string of the molecule is O=C(CN1CCN(c2ccc(Br)cc2[N+](=O)[O-])CC1)Nc1ccc(F)cc1. The Kier molecular flexibility index (Phi) is 6.02. The number of amides is 1. The molecule has 0 saturated carbocycles. The van der Waals surface area contributed by atoms with Crippen LogP contribution >= 0.6 is 15.9 Å². The highest BCUT2D eigenvalue weighted by Crippen LogP contribution is 2.31. The van der Waals surface area contributed by atoms with Crippen molar-refractivity contribution >= 4 is 38.9 Å². The Hall–Kier alpha value is -2.52. The summed E-state index contributed by atoms with van der Waals surface area (Å²) in [6, 6.07) is 10.6. The molecule has 0 spiro atoms. The Morgan fingerprint density at radius 2 is 1.81 bits per heavy atom. The van der Waals surface area contributed by atoms with Crippen LogP contribution in [0.4, 0.5) is 21.5 Å². The molecule has 1 saturated heterocycles. The molecule has 1 fully saturated rings. The van der Waals surface area contributed by atoms with Crippen molar-refractivity contribution in [3.05, 3.63) is 62.9 Å². The molecule has 9 heteroatoms. The van der Waals surface area contributed by atoms with Crippen LogP contribution < -0.4 is 10.2 Å². The lowest BCUT2D eigenvalue weighted by Gasteiger charge is -2.35. The number of carbonyl (C=O) groups excluding carboxylic acids is 1. The van der Waals surface area contributed by atoms with Gasteiger partial charge in [-0.3, -0.25) is 19.8 Å². The number of nitrogens with one attached hydrogen (secondary N) is 1. The van der Waals surface area contributed by atoms with Crippen LogP contribution in [0, 0.1) is 15.9 Å². The lowest BCUT2D eigenvalue weighted by Crippen LogP contribution is -2.48. The molecule has 1 amide bonds. The maximum atomic E-state index is 12.9. The van der Waals surface area contributed by atoms with Gasteiger partial charge in [0.25, 0.3) is 5.69 Å². The molecule has 1 N–H and O–H groups in total. The molecule has 7 nitrogen and oxygen atoms in total. The molecule has 0 aliphatic carbocycles. The van der Waals surface area contributed by atoms with E-state index in [-0.39, 0.29) is 28.9 Å². The van der Waals surface area contributed by atoms with Crippen LogP contribution in [0.25, 0.3) is 0 Å². The lowest BCUT2D eigenvalue weighted by atomic mass is 10.2. The van der Waals surface area contributed by atoms with E-state index in [4.69, 9.17) is 0 Å². The monoisotopic (exact) mass is 436 g/mol. The first-order valence-electron chi connectivity index (χ1n) is 8.39. The molecule has 2 aromatic rings. The van der Waals surface area contributed by atoms with E-state index in [1.807, 2.05) is 9.80 Å². The highest BCUT2D eigenvalue weighted by molar-refractivity contribution is 9.10. The minimum atomic E-state index is -0.386. The summed E-state index contributed by atoms with van der Waals surface area (Å²) >= 11 is 3.26. The van der Waals surface area contributed by atoms with Crippen LogP contribution in [0.15, 0.2) is 46.9 Å². The van der Waals surface area contributed by atoms with Crippen LogP contribution in [0.2, 0.25) is 0 Å². The van der Waals surface area contributed by atoms with Crippen LogP contribution in [0.5, 0.6) is 0 Å². The molecule has 142 valence electrons. The average molecular weight is 437 g/mol. The van der Waals surface area contributed by atoms with Crippen LogP contribution in [0.1, 0.15) is 0 Å². The van der Waals surface area contributed by atoms with Gasteiger partial charge in [0, 0.05) is 42.4 Å². The van der Waals surface area contributed by atoms with Gasteiger partial charge in [0.15, 0.2) is 0 Å². The van der Waals surface area contributed by atoms with Gasteiger partial charge in [-0.2, -0.15) is 0 Å². The second kappa shape index (κ2) is 8.45. The highest BCUT2D eigenvalue weighted by atomic mass is 79.9. The molecule has 0 bridgehead atoms. The van der Waals surface area contributed by atoms with E-state index in [1.54, 1.807) is 12.1 Å². The number of nitro benzene ring substituents is 1. The van der Waals surface area contributed by atoms with Crippen molar-refractivity contribution in [3.63, 3.8) is 0 Å². The number of nitrogens with zero attached hydrogens (tertiary/aromatic N) is 3. The quantitative estimate of drug-likeness (QED) is 0.574. The first-order chi connectivity index (χ1) is 12.9. The normalized spacial score (nSPS) is 14.8. The maximum Gasteiger partial charge on any atom is 0.293 e. The van der Waals surface area contributed by atoms with Crippen LogP contribution in [-0.2, 0) is 4.79 Å². The van der Waals surface area contributed by atoms with E-state index in [0.29, 0.717) is 42.0 Å². The topological polar surface area (TPSA) is 78.7 Å². The van der Waals surface area contributed by atoms with E-state index in [2.05, 4.69) is 21.2 Å². The van der Waals surface area contributed by atoms with Gasteiger partial charge in [0.05, 0.1) is 11.5 Å². The average Bonchev–Trinajstić information content (AvgIpc) is 2.64. The van der Waals surface area contributed by atoms with Gasteiger partial charge in [-0.05, 0) is 36.4 Å². The number of rotatable bonds is 5. The second-order valence-electron chi connectivity index (χ2n) is 6.21. The number of hydrogen-bond donors (Lipinski definition) is 1. The summed E-state index contributed by atoms with van der Waals surface area (Å²) in [5.41, 5.74) is 1.19. The Morgan fingerprint density at radius 3 is 2.44 bits per heavy atom. The van der Waals surface area contributed by atoms with Gasteiger partial charge < -0.3 is 10.2 Å². The van der Waals surface area contributed by atoms with E-state index in [0.717, 1.165) is 0 Å². The fourth-order valence-corrected chi connectivity index (χ4v) is 3.34. The zero-order chi connectivity index (χ0) is 19.4. The summed E-state index contributed by atoms with van der Waals surface area (Å²) in [5, 5.41) is 14.0. The largest absolute Gasteiger partial charge is 0.363 e. The predicted octanol–water partition coefficient (Wildman–Crippen LogP) is 3.26.